The first-order valence-corrected chi connectivity index (χ1v) is 12.3. The average molecular weight is 439 g/mol. The van der Waals surface area contributed by atoms with Crippen molar-refractivity contribution in [1.29, 1.82) is 5.26 Å². The number of nitrogens with one attached hydrogen (secondary N) is 1. The molecule has 1 atom stereocenters. The number of hydrogen-bond donors (Lipinski definition) is 1. The molecule has 0 spiro atoms. The lowest BCUT2D eigenvalue weighted by Gasteiger charge is -2.37. The number of hydrogen-bond acceptors (Lipinski definition) is 5. The van der Waals surface area contributed by atoms with Crippen molar-refractivity contribution in [3.63, 3.8) is 0 Å². The van der Waals surface area contributed by atoms with Gasteiger partial charge in [0, 0.05) is 49.9 Å². The zero-order valence-corrected chi connectivity index (χ0v) is 19.7. The minimum atomic E-state index is -0.513. The van der Waals surface area contributed by atoms with Crippen molar-refractivity contribution in [3.05, 3.63) is 29.8 Å². The van der Waals surface area contributed by atoms with Crippen LogP contribution in [0.2, 0.25) is 0 Å². The summed E-state index contributed by atoms with van der Waals surface area (Å²) in [5, 5.41) is 12.1. The molecule has 0 radical (unpaired) electrons. The van der Waals surface area contributed by atoms with E-state index < -0.39 is 5.92 Å². The number of nitriles is 1. The first-order valence-electron chi connectivity index (χ1n) is 12.3. The molecule has 6 heteroatoms. The SMILES string of the molecule is CCC(=O)c1cccc(N2CCN(CCC3CCC(NC(=O)C(C#N)CC)CC3)CC2)c1. The van der Waals surface area contributed by atoms with Crippen molar-refractivity contribution in [2.45, 2.75) is 64.8 Å². The maximum atomic E-state index is 12.1. The topological polar surface area (TPSA) is 76.4 Å². The van der Waals surface area contributed by atoms with Gasteiger partial charge in [0.1, 0.15) is 5.92 Å². The largest absolute Gasteiger partial charge is 0.369 e. The highest BCUT2D eigenvalue weighted by atomic mass is 16.2. The number of rotatable bonds is 9. The summed E-state index contributed by atoms with van der Waals surface area (Å²) in [6, 6.07) is 10.4. The summed E-state index contributed by atoms with van der Waals surface area (Å²) in [4.78, 5) is 29.1. The van der Waals surface area contributed by atoms with Gasteiger partial charge in [-0.1, -0.05) is 26.0 Å². The third-order valence-electron chi connectivity index (χ3n) is 7.15. The summed E-state index contributed by atoms with van der Waals surface area (Å²) in [6.45, 7) is 9.05. The zero-order valence-electron chi connectivity index (χ0n) is 19.7. The third-order valence-corrected chi connectivity index (χ3v) is 7.15. The summed E-state index contributed by atoms with van der Waals surface area (Å²) in [7, 11) is 0. The second-order valence-corrected chi connectivity index (χ2v) is 9.26. The molecule has 3 rings (SSSR count). The van der Waals surface area contributed by atoms with Gasteiger partial charge in [0.25, 0.3) is 0 Å². The van der Waals surface area contributed by atoms with E-state index in [1.807, 2.05) is 32.0 Å². The molecule has 1 unspecified atom stereocenters. The van der Waals surface area contributed by atoms with E-state index in [0.29, 0.717) is 12.8 Å². The molecule has 1 aromatic carbocycles. The van der Waals surface area contributed by atoms with Gasteiger partial charge in [-0.3, -0.25) is 14.5 Å². The number of ketones is 1. The minimum Gasteiger partial charge on any atom is -0.369 e. The van der Waals surface area contributed by atoms with Crippen LogP contribution in [0.25, 0.3) is 0 Å². The molecule has 1 aliphatic carbocycles. The maximum absolute atomic E-state index is 12.1. The van der Waals surface area contributed by atoms with E-state index in [0.717, 1.165) is 75.6 Å². The van der Waals surface area contributed by atoms with Crippen LogP contribution in [0.4, 0.5) is 5.69 Å². The fourth-order valence-corrected chi connectivity index (χ4v) is 4.91. The van der Waals surface area contributed by atoms with Gasteiger partial charge < -0.3 is 10.2 Å². The number of carbonyl (C=O) groups excluding carboxylic acids is 2. The van der Waals surface area contributed by atoms with Gasteiger partial charge in [-0.15, -0.1) is 0 Å². The van der Waals surface area contributed by atoms with Gasteiger partial charge in [-0.2, -0.15) is 5.26 Å². The predicted octanol–water partition coefficient (Wildman–Crippen LogP) is 4.02. The minimum absolute atomic E-state index is 0.0964. The van der Waals surface area contributed by atoms with E-state index >= 15 is 0 Å². The maximum Gasteiger partial charge on any atom is 0.237 e. The lowest BCUT2D eigenvalue weighted by Crippen LogP contribution is -2.47. The number of benzene rings is 1. The van der Waals surface area contributed by atoms with Gasteiger partial charge in [0.05, 0.1) is 6.07 Å². The Morgan fingerprint density at radius 3 is 2.47 bits per heavy atom. The van der Waals surface area contributed by atoms with Crippen LogP contribution in [0.3, 0.4) is 0 Å². The standard InChI is InChI=1S/C26H38N4O2/c1-3-21(19-27)26(32)28-23-10-8-20(9-11-23)12-13-29-14-16-30(17-15-29)24-7-5-6-22(18-24)25(31)4-2/h5-7,18,20-21,23H,3-4,8-17H2,1-2H3,(H,28,32). The van der Waals surface area contributed by atoms with Crippen molar-refractivity contribution < 1.29 is 9.59 Å². The van der Waals surface area contributed by atoms with E-state index in [9.17, 15) is 9.59 Å². The van der Waals surface area contributed by atoms with Crippen LogP contribution in [0.15, 0.2) is 24.3 Å². The molecule has 6 nitrogen and oxygen atoms in total. The molecule has 1 heterocycles. The molecule has 0 bridgehead atoms. The first-order chi connectivity index (χ1) is 15.5. The predicted molar refractivity (Wildman–Crippen MR) is 128 cm³/mol. The van der Waals surface area contributed by atoms with Crippen molar-refractivity contribution in [1.82, 2.24) is 10.2 Å². The van der Waals surface area contributed by atoms with Crippen molar-refractivity contribution >= 4 is 17.4 Å². The molecule has 174 valence electrons. The summed E-state index contributed by atoms with van der Waals surface area (Å²) in [5.74, 6) is 0.327. The number of amides is 1. The monoisotopic (exact) mass is 438 g/mol. The molecule has 1 amide bonds. The summed E-state index contributed by atoms with van der Waals surface area (Å²) in [5.41, 5.74) is 1.98. The van der Waals surface area contributed by atoms with Gasteiger partial charge >= 0.3 is 0 Å². The van der Waals surface area contributed by atoms with Crippen LogP contribution >= 0.6 is 0 Å². The molecule has 1 saturated carbocycles. The molecular weight excluding hydrogens is 400 g/mol. The van der Waals surface area contributed by atoms with Gasteiger partial charge in [-0.05, 0) is 63.1 Å². The number of Topliss-reactive ketones (excluding diaryl/α,β-unsaturated/α-hetero) is 1. The highest BCUT2D eigenvalue weighted by Crippen LogP contribution is 2.28. The van der Waals surface area contributed by atoms with Crippen LogP contribution < -0.4 is 10.2 Å². The summed E-state index contributed by atoms with van der Waals surface area (Å²) < 4.78 is 0. The normalized spacial score (nSPS) is 22.7. The summed E-state index contributed by atoms with van der Waals surface area (Å²) >= 11 is 0. The molecule has 2 aliphatic rings. The van der Waals surface area contributed by atoms with Crippen molar-refractivity contribution in [2.75, 3.05) is 37.6 Å². The van der Waals surface area contributed by atoms with E-state index in [1.165, 1.54) is 6.42 Å². The Morgan fingerprint density at radius 1 is 1.12 bits per heavy atom. The third kappa shape index (κ3) is 6.56. The van der Waals surface area contributed by atoms with Crippen molar-refractivity contribution in [3.8, 4) is 6.07 Å². The molecular formula is C26H38N4O2. The molecule has 1 saturated heterocycles. The lowest BCUT2D eigenvalue weighted by molar-refractivity contribution is -0.124. The zero-order chi connectivity index (χ0) is 22.9. The summed E-state index contributed by atoms with van der Waals surface area (Å²) in [6.07, 6.45) is 6.71. The van der Waals surface area contributed by atoms with Crippen LogP contribution in [-0.2, 0) is 4.79 Å². The highest BCUT2D eigenvalue weighted by Gasteiger charge is 2.26. The Kier molecular flexibility index (Phi) is 9.11. The van der Waals surface area contributed by atoms with Gasteiger partial charge in [0.2, 0.25) is 5.91 Å². The number of nitrogens with zero attached hydrogens (tertiary/aromatic N) is 3. The van der Waals surface area contributed by atoms with Crippen LogP contribution in [0.5, 0.6) is 0 Å². The molecule has 1 aromatic rings. The number of piperazine rings is 1. The Balaban J connectivity index is 1.36. The fraction of sp³-hybridized carbons (Fsp3) is 0.654. The fourth-order valence-electron chi connectivity index (χ4n) is 4.91. The Hall–Kier alpha value is -2.39. The second kappa shape index (κ2) is 12.0. The molecule has 1 N–H and O–H groups in total. The second-order valence-electron chi connectivity index (χ2n) is 9.26. The quantitative estimate of drug-likeness (QED) is 0.590. The van der Waals surface area contributed by atoms with E-state index in [4.69, 9.17) is 5.26 Å². The van der Waals surface area contributed by atoms with Crippen LogP contribution in [0, 0.1) is 23.2 Å². The lowest BCUT2D eigenvalue weighted by atomic mass is 9.83. The Labute approximate surface area is 193 Å². The van der Waals surface area contributed by atoms with E-state index in [1.54, 1.807) is 0 Å². The van der Waals surface area contributed by atoms with Crippen LogP contribution in [0.1, 0.15) is 69.2 Å². The van der Waals surface area contributed by atoms with E-state index in [2.05, 4.69) is 27.3 Å². The Morgan fingerprint density at radius 2 is 1.84 bits per heavy atom. The molecule has 0 aromatic heterocycles. The van der Waals surface area contributed by atoms with Gasteiger partial charge in [0.15, 0.2) is 5.78 Å². The van der Waals surface area contributed by atoms with Crippen LogP contribution in [-0.4, -0.2) is 55.4 Å². The number of anilines is 1. The highest BCUT2D eigenvalue weighted by molar-refractivity contribution is 5.96. The van der Waals surface area contributed by atoms with Gasteiger partial charge in [-0.25, -0.2) is 0 Å². The first kappa shape index (κ1) is 24.3. The van der Waals surface area contributed by atoms with Crippen molar-refractivity contribution in [2.24, 2.45) is 11.8 Å². The average Bonchev–Trinajstić information content (AvgIpc) is 2.84. The smallest absolute Gasteiger partial charge is 0.237 e. The molecule has 1 aliphatic heterocycles. The number of carbonyl (C=O) groups is 2. The molecule has 2 fully saturated rings. The van der Waals surface area contributed by atoms with E-state index in [-0.39, 0.29) is 17.7 Å². The molecule has 32 heavy (non-hydrogen) atoms. The Bertz CT molecular complexity index is 802.